The standard InChI is InChI=1S/C15H13F3N2O4/c1-23-14-11(19-24-13(14)8-2-3-8)6-9-4-5-10(15(16,17)18)7-12(9)20(21)22/h4-5,7-8H,2-3,6H2,1H3. The van der Waals surface area contributed by atoms with Crippen LogP contribution >= 0.6 is 0 Å². The summed E-state index contributed by atoms with van der Waals surface area (Å²) in [6.07, 6.45) is -2.79. The minimum atomic E-state index is -4.64. The van der Waals surface area contributed by atoms with Crippen LogP contribution in [0.15, 0.2) is 22.7 Å². The van der Waals surface area contributed by atoms with Crippen LogP contribution in [0.1, 0.15) is 41.3 Å². The van der Waals surface area contributed by atoms with Crippen molar-refractivity contribution in [2.75, 3.05) is 7.11 Å². The topological polar surface area (TPSA) is 78.4 Å². The summed E-state index contributed by atoms with van der Waals surface area (Å²) < 4.78 is 48.7. The van der Waals surface area contributed by atoms with Gasteiger partial charge in [0.15, 0.2) is 11.5 Å². The molecule has 1 saturated carbocycles. The third-order valence-corrected chi connectivity index (χ3v) is 3.86. The van der Waals surface area contributed by atoms with E-state index in [1.54, 1.807) is 0 Å². The number of hydrogen-bond acceptors (Lipinski definition) is 5. The van der Waals surface area contributed by atoms with Crippen molar-refractivity contribution < 1.29 is 27.4 Å². The lowest BCUT2D eigenvalue weighted by Gasteiger charge is -2.08. The molecule has 1 aliphatic rings. The van der Waals surface area contributed by atoms with Gasteiger partial charge in [0.2, 0.25) is 0 Å². The van der Waals surface area contributed by atoms with Crippen LogP contribution in [0.25, 0.3) is 0 Å². The summed E-state index contributed by atoms with van der Waals surface area (Å²) in [5, 5.41) is 15.0. The zero-order chi connectivity index (χ0) is 17.5. The molecule has 0 spiro atoms. The summed E-state index contributed by atoms with van der Waals surface area (Å²) in [4.78, 5) is 10.3. The Balaban J connectivity index is 1.96. The number of methoxy groups -OCH3 is 1. The lowest BCUT2D eigenvalue weighted by molar-refractivity contribution is -0.385. The summed E-state index contributed by atoms with van der Waals surface area (Å²) in [7, 11) is 1.43. The molecule has 0 bridgehead atoms. The Morgan fingerprint density at radius 3 is 2.67 bits per heavy atom. The van der Waals surface area contributed by atoms with Gasteiger partial charge in [-0.05, 0) is 18.9 Å². The van der Waals surface area contributed by atoms with Gasteiger partial charge in [-0.2, -0.15) is 13.2 Å². The molecule has 0 saturated heterocycles. The first-order chi connectivity index (χ1) is 11.3. The summed E-state index contributed by atoms with van der Waals surface area (Å²) in [5.41, 5.74) is -1.23. The molecule has 1 aliphatic carbocycles. The SMILES string of the molecule is COc1c(Cc2ccc(C(F)(F)F)cc2[N+](=O)[O-])noc1C1CC1. The fourth-order valence-electron chi connectivity index (χ4n) is 2.51. The zero-order valence-electron chi connectivity index (χ0n) is 12.6. The molecule has 0 unspecified atom stereocenters. The first kappa shape index (κ1) is 16.3. The molecule has 0 atom stereocenters. The van der Waals surface area contributed by atoms with Gasteiger partial charge in [0.25, 0.3) is 5.69 Å². The van der Waals surface area contributed by atoms with E-state index in [4.69, 9.17) is 9.26 Å². The number of halogens is 3. The lowest BCUT2D eigenvalue weighted by Crippen LogP contribution is -2.07. The van der Waals surface area contributed by atoms with Crippen molar-refractivity contribution in [3.63, 3.8) is 0 Å². The molecule has 128 valence electrons. The molecule has 0 amide bonds. The second kappa shape index (κ2) is 5.81. The Hall–Kier alpha value is -2.58. The van der Waals surface area contributed by atoms with Gasteiger partial charge < -0.3 is 9.26 Å². The lowest BCUT2D eigenvalue weighted by atomic mass is 10.0. The summed E-state index contributed by atoms with van der Waals surface area (Å²) >= 11 is 0. The third-order valence-electron chi connectivity index (χ3n) is 3.86. The van der Waals surface area contributed by atoms with E-state index in [1.807, 2.05) is 0 Å². The predicted molar refractivity (Wildman–Crippen MR) is 75.9 cm³/mol. The maximum absolute atomic E-state index is 12.7. The molecule has 6 nitrogen and oxygen atoms in total. The van der Waals surface area contributed by atoms with Crippen molar-refractivity contribution in [2.45, 2.75) is 31.4 Å². The van der Waals surface area contributed by atoms with Crippen molar-refractivity contribution in [1.29, 1.82) is 0 Å². The normalized spacial score (nSPS) is 14.7. The van der Waals surface area contributed by atoms with Gasteiger partial charge in [-0.1, -0.05) is 11.2 Å². The molecule has 1 aromatic heterocycles. The van der Waals surface area contributed by atoms with Gasteiger partial charge in [-0.25, -0.2) is 0 Å². The van der Waals surface area contributed by atoms with E-state index in [0.29, 0.717) is 23.3 Å². The molecule has 1 heterocycles. The largest absolute Gasteiger partial charge is 0.491 e. The van der Waals surface area contributed by atoms with Gasteiger partial charge in [0.1, 0.15) is 5.69 Å². The van der Waals surface area contributed by atoms with E-state index in [2.05, 4.69) is 5.16 Å². The Morgan fingerprint density at radius 2 is 2.12 bits per heavy atom. The highest BCUT2D eigenvalue weighted by Crippen LogP contribution is 2.46. The number of nitro benzene ring substituents is 1. The first-order valence-electron chi connectivity index (χ1n) is 7.18. The fourth-order valence-corrected chi connectivity index (χ4v) is 2.51. The number of rotatable bonds is 5. The quantitative estimate of drug-likeness (QED) is 0.604. The van der Waals surface area contributed by atoms with Crippen LogP contribution in [0.5, 0.6) is 5.75 Å². The number of nitrogens with zero attached hydrogens (tertiary/aromatic N) is 2. The van der Waals surface area contributed by atoms with E-state index >= 15 is 0 Å². The number of nitro groups is 1. The Bertz CT molecular complexity index is 782. The second-order valence-corrected chi connectivity index (χ2v) is 5.58. The smallest absolute Gasteiger partial charge is 0.416 e. The fraction of sp³-hybridized carbons (Fsp3) is 0.400. The number of aromatic nitrogens is 1. The van der Waals surface area contributed by atoms with E-state index in [1.165, 1.54) is 7.11 Å². The molecule has 0 N–H and O–H groups in total. The van der Waals surface area contributed by atoms with Crippen LogP contribution in [0.4, 0.5) is 18.9 Å². The maximum Gasteiger partial charge on any atom is 0.416 e. The van der Waals surface area contributed by atoms with E-state index in [-0.39, 0.29) is 17.9 Å². The molecule has 3 rings (SSSR count). The average molecular weight is 342 g/mol. The van der Waals surface area contributed by atoms with E-state index < -0.39 is 22.4 Å². The number of benzene rings is 1. The van der Waals surface area contributed by atoms with Crippen LogP contribution in [0.2, 0.25) is 0 Å². The monoisotopic (exact) mass is 342 g/mol. The van der Waals surface area contributed by atoms with Crippen LogP contribution in [0, 0.1) is 10.1 Å². The van der Waals surface area contributed by atoms with Gasteiger partial charge in [0, 0.05) is 24.0 Å². The van der Waals surface area contributed by atoms with Crippen LogP contribution in [-0.4, -0.2) is 17.2 Å². The Morgan fingerprint density at radius 1 is 1.42 bits per heavy atom. The predicted octanol–water partition coefficient (Wildman–Crippen LogP) is 4.08. The van der Waals surface area contributed by atoms with Crippen LogP contribution in [0.3, 0.4) is 0 Å². The Kier molecular flexibility index (Phi) is 3.94. The first-order valence-corrected chi connectivity index (χ1v) is 7.18. The maximum atomic E-state index is 12.7. The van der Waals surface area contributed by atoms with E-state index in [9.17, 15) is 23.3 Å². The van der Waals surface area contributed by atoms with Crippen molar-refractivity contribution >= 4 is 5.69 Å². The van der Waals surface area contributed by atoms with Gasteiger partial charge in [-0.3, -0.25) is 10.1 Å². The van der Waals surface area contributed by atoms with Gasteiger partial charge in [-0.15, -0.1) is 0 Å². The van der Waals surface area contributed by atoms with Crippen molar-refractivity contribution in [2.24, 2.45) is 0 Å². The number of hydrogen-bond donors (Lipinski definition) is 0. The average Bonchev–Trinajstić information content (AvgIpc) is 3.28. The number of ether oxygens (including phenoxy) is 1. The second-order valence-electron chi connectivity index (χ2n) is 5.58. The highest BCUT2D eigenvalue weighted by atomic mass is 19.4. The molecule has 2 aromatic rings. The molecule has 9 heteroatoms. The minimum Gasteiger partial charge on any atom is -0.491 e. The summed E-state index contributed by atoms with van der Waals surface area (Å²) in [5.74, 6) is 1.22. The molecular formula is C15H13F3N2O4. The summed E-state index contributed by atoms with van der Waals surface area (Å²) in [6, 6.07) is 2.44. The van der Waals surface area contributed by atoms with Crippen molar-refractivity contribution in [1.82, 2.24) is 5.16 Å². The zero-order valence-corrected chi connectivity index (χ0v) is 12.6. The minimum absolute atomic E-state index is 0.0478. The molecule has 1 aromatic carbocycles. The highest BCUT2D eigenvalue weighted by Gasteiger charge is 2.35. The highest BCUT2D eigenvalue weighted by molar-refractivity contribution is 5.48. The van der Waals surface area contributed by atoms with Gasteiger partial charge >= 0.3 is 6.18 Å². The van der Waals surface area contributed by atoms with Crippen LogP contribution in [-0.2, 0) is 12.6 Å². The molecular weight excluding hydrogens is 329 g/mol. The van der Waals surface area contributed by atoms with Gasteiger partial charge in [0.05, 0.1) is 17.6 Å². The van der Waals surface area contributed by atoms with Crippen molar-refractivity contribution in [3.05, 3.63) is 50.9 Å². The summed E-state index contributed by atoms with van der Waals surface area (Å²) in [6.45, 7) is 0. The third kappa shape index (κ3) is 3.06. The molecule has 1 fully saturated rings. The molecule has 24 heavy (non-hydrogen) atoms. The molecule has 0 radical (unpaired) electrons. The Labute approximate surface area is 134 Å². The number of alkyl halides is 3. The van der Waals surface area contributed by atoms with E-state index in [0.717, 1.165) is 25.0 Å². The molecule has 0 aliphatic heterocycles. The van der Waals surface area contributed by atoms with Crippen molar-refractivity contribution in [3.8, 4) is 5.75 Å². The van der Waals surface area contributed by atoms with Crippen LogP contribution < -0.4 is 4.74 Å².